The second-order valence-electron chi connectivity index (χ2n) is 5.36. The van der Waals surface area contributed by atoms with Crippen LogP contribution in [-0.4, -0.2) is 32.6 Å². The Labute approximate surface area is 128 Å². The number of carbonyl (C=O) groups is 1. The summed E-state index contributed by atoms with van der Waals surface area (Å²) in [5.74, 6) is -0.268. The number of aromatic nitrogens is 3. The maximum absolute atomic E-state index is 12.9. The molecule has 1 aromatic carbocycles. The molecule has 0 aliphatic heterocycles. The zero-order valence-electron chi connectivity index (χ0n) is 12.6. The first-order valence-electron chi connectivity index (χ1n) is 7.12. The highest BCUT2D eigenvalue weighted by Gasteiger charge is 2.18. The number of hydrogen-bond donors (Lipinski definition) is 2. The number of rotatable bonds is 6. The number of benzene rings is 1. The smallest absolute Gasteiger partial charge is 0.273 e. The molecule has 0 atom stereocenters. The Balaban J connectivity index is 2.17. The van der Waals surface area contributed by atoms with Crippen molar-refractivity contribution in [1.29, 1.82) is 0 Å². The topological polar surface area (TPSA) is 80.0 Å². The number of nitrogens with one attached hydrogen (secondary N) is 1. The van der Waals surface area contributed by atoms with Crippen LogP contribution >= 0.6 is 0 Å². The summed E-state index contributed by atoms with van der Waals surface area (Å²) >= 11 is 0. The molecule has 0 fully saturated rings. The highest BCUT2D eigenvalue weighted by Crippen LogP contribution is 2.10. The number of hydrogen-bond acceptors (Lipinski definition) is 4. The number of nitrogens with zero attached hydrogens (tertiary/aromatic N) is 3. The van der Waals surface area contributed by atoms with Crippen LogP contribution in [0.5, 0.6) is 0 Å². The summed E-state index contributed by atoms with van der Waals surface area (Å²) < 4.78 is 12.9. The molecule has 0 spiro atoms. The van der Waals surface area contributed by atoms with Gasteiger partial charge in [-0.05, 0) is 36.6 Å². The van der Waals surface area contributed by atoms with Crippen LogP contribution in [0.3, 0.4) is 0 Å². The molecule has 0 bridgehead atoms. The van der Waals surface area contributed by atoms with Crippen LogP contribution in [-0.2, 0) is 6.61 Å². The lowest BCUT2D eigenvalue weighted by molar-refractivity contribution is 0.0943. The Morgan fingerprint density at radius 3 is 2.59 bits per heavy atom. The fourth-order valence-electron chi connectivity index (χ4n) is 1.87. The minimum absolute atomic E-state index is 0.0792. The van der Waals surface area contributed by atoms with E-state index in [1.807, 2.05) is 0 Å². The normalized spacial score (nSPS) is 11.0. The second-order valence-corrected chi connectivity index (χ2v) is 5.36. The van der Waals surface area contributed by atoms with E-state index < -0.39 is 6.61 Å². The third-order valence-electron chi connectivity index (χ3n) is 3.11. The molecule has 7 heteroatoms. The summed E-state index contributed by atoms with van der Waals surface area (Å²) in [6, 6.07) is 5.55. The number of aliphatic hydroxyl groups excluding tert-OH is 1. The van der Waals surface area contributed by atoms with Crippen molar-refractivity contribution in [3.05, 3.63) is 41.5 Å². The van der Waals surface area contributed by atoms with Crippen molar-refractivity contribution in [2.24, 2.45) is 5.92 Å². The summed E-state index contributed by atoms with van der Waals surface area (Å²) in [4.78, 5) is 13.3. The Kier molecular flexibility index (Phi) is 5.21. The van der Waals surface area contributed by atoms with Crippen molar-refractivity contribution in [3.63, 3.8) is 0 Å². The Morgan fingerprint density at radius 1 is 1.32 bits per heavy atom. The van der Waals surface area contributed by atoms with Crippen molar-refractivity contribution >= 4 is 5.91 Å². The van der Waals surface area contributed by atoms with Crippen LogP contribution < -0.4 is 5.32 Å². The zero-order valence-corrected chi connectivity index (χ0v) is 12.6. The molecule has 118 valence electrons. The van der Waals surface area contributed by atoms with Crippen molar-refractivity contribution in [3.8, 4) is 5.69 Å². The van der Waals surface area contributed by atoms with E-state index in [0.717, 1.165) is 6.42 Å². The first-order valence-corrected chi connectivity index (χ1v) is 7.12. The SMILES string of the molecule is CC(C)CCNC(=O)c1nn(-c2ccc(F)cc2)nc1CO. The van der Waals surface area contributed by atoms with Crippen molar-refractivity contribution in [2.75, 3.05) is 6.54 Å². The van der Waals surface area contributed by atoms with Crippen molar-refractivity contribution in [1.82, 2.24) is 20.3 Å². The minimum atomic E-state index is -0.395. The van der Waals surface area contributed by atoms with Gasteiger partial charge in [-0.25, -0.2) is 4.39 Å². The van der Waals surface area contributed by atoms with Gasteiger partial charge >= 0.3 is 0 Å². The van der Waals surface area contributed by atoms with E-state index in [9.17, 15) is 14.3 Å². The third-order valence-corrected chi connectivity index (χ3v) is 3.11. The maximum atomic E-state index is 12.9. The van der Waals surface area contributed by atoms with Gasteiger partial charge in [0.25, 0.3) is 5.91 Å². The predicted molar refractivity (Wildman–Crippen MR) is 79.0 cm³/mol. The van der Waals surface area contributed by atoms with E-state index in [-0.39, 0.29) is 23.1 Å². The van der Waals surface area contributed by atoms with Crippen LogP contribution in [0.4, 0.5) is 4.39 Å². The molecule has 0 aliphatic rings. The lowest BCUT2D eigenvalue weighted by atomic mass is 10.1. The third kappa shape index (κ3) is 3.88. The van der Waals surface area contributed by atoms with Gasteiger partial charge in [-0.2, -0.15) is 4.80 Å². The summed E-state index contributed by atoms with van der Waals surface area (Å²) in [6.45, 7) is 4.27. The number of aliphatic hydroxyl groups is 1. The zero-order chi connectivity index (χ0) is 16.1. The molecule has 22 heavy (non-hydrogen) atoms. The van der Waals surface area contributed by atoms with E-state index in [2.05, 4.69) is 29.4 Å². The molecule has 1 aromatic heterocycles. The van der Waals surface area contributed by atoms with Gasteiger partial charge in [0.05, 0.1) is 12.3 Å². The van der Waals surface area contributed by atoms with Gasteiger partial charge in [-0.3, -0.25) is 4.79 Å². The van der Waals surface area contributed by atoms with Gasteiger partial charge < -0.3 is 10.4 Å². The largest absolute Gasteiger partial charge is 0.390 e. The Morgan fingerprint density at radius 2 is 2.00 bits per heavy atom. The van der Waals surface area contributed by atoms with E-state index in [1.165, 1.54) is 29.1 Å². The van der Waals surface area contributed by atoms with Crippen molar-refractivity contribution < 1.29 is 14.3 Å². The lowest BCUT2D eigenvalue weighted by Gasteiger charge is -2.05. The summed E-state index contributed by atoms with van der Waals surface area (Å²) in [5.41, 5.74) is 0.777. The summed E-state index contributed by atoms with van der Waals surface area (Å²) in [7, 11) is 0. The van der Waals surface area contributed by atoms with E-state index in [1.54, 1.807) is 0 Å². The van der Waals surface area contributed by atoms with E-state index in [0.29, 0.717) is 18.2 Å². The summed E-state index contributed by atoms with van der Waals surface area (Å²) in [6.07, 6.45) is 0.853. The molecule has 0 saturated heterocycles. The van der Waals surface area contributed by atoms with E-state index in [4.69, 9.17) is 0 Å². The molecular formula is C15H19FN4O2. The van der Waals surface area contributed by atoms with Crippen molar-refractivity contribution in [2.45, 2.75) is 26.9 Å². The van der Waals surface area contributed by atoms with Gasteiger partial charge in [-0.1, -0.05) is 13.8 Å². The molecular weight excluding hydrogens is 287 g/mol. The molecule has 2 N–H and O–H groups in total. The molecule has 6 nitrogen and oxygen atoms in total. The maximum Gasteiger partial charge on any atom is 0.273 e. The highest BCUT2D eigenvalue weighted by molar-refractivity contribution is 5.93. The molecule has 0 radical (unpaired) electrons. The fraction of sp³-hybridized carbons (Fsp3) is 0.400. The Hall–Kier alpha value is -2.28. The molecule has 1 amide bonds. The number of carbonyl (C=O) groups excluding carboxylic acids is 1. The first kappa shape index (κ1) is 16.1. The molecule has 0 aliphatic carbocycles. The molecule has 0 saturated carbocycles. The Bertz CT molecular complexity index is 637. The van der Waals surface area contributed by atoms with Crippen LogP contribution in [0.25, 0.3) is 5.69 Å². The number of halogens is 1. The van der Waals surface area contributed by atoms with Crippen LogP contribution in [0, 0.1) is 11.7 Å². The van der Waals surface area contributed by atoms with Crippen LogP contribution in [0.15, 0.2) is 24.3 Å². The quantitative estimate of drug-likeness (QED) is 0.851. The average molecular weight is 306 g/mol. The average Bonchev–Trinajstić information content (AvgIpc) is 2.91. The van der Waals surface area contributed by atoms with Gasteiger partial charge in [0.1, 0.15) is 11.5 Å². The van der Waals surface area contributed by atoms with Gasteiger partial charge in [0.2, 0.25) is 0 Å². The van der Waals surface area contributed by atoms with Gasteiger partial charge in [0.15, 0.2) is 5.69 Å². The first-order chi connectivity index (χ1) is 10.5. The van der Waals surface area contributed by atoms with Crippen LogP contribution in [0.2, 0.25) is 0 Å². The summed E-state index contributed by atoms with van der Waals surface area (Å²) in [5, 5.41) is 20.2. The highest BCUT2D eigenvalue weighted by atomic mass is 19.1. The predicted octanol–water partition coefficient (Wildman–Crippen LogP) is 1.67. The minimum Gasteiger partial charge on any atom is -0.390 e. The van der Waals surface area contributed by atoms with Gasteiger partial charge in [0, 0.05) is 6.54 Å². The lowest BCUT2D eigenvalue weighted by Crippen LogP contribution is -2.26. The standard InChI is InChI=1S/C15H19FN4O2/c1-10(2)7-8-17-15(22)14-13(9-21)18-20(19-14)12-5-3-11(16)4-6-12/h3-6,10,21H,7-9H2,1-2H3,(H,17,22). The van der Waals surface area contributed by atoms with Crippen LogP contribution in [0.1, 0.15) is 36.5 Å². The molecule has 2 rings (SSSR count). The monoisotopic (exact) mass is 306 g/mol. The van der Waals surface area contributed by atoms with Gasteiger partial charge in [-0.15, -0.1) is 10.2 Å². The molecule has 2 aromatic rings. The fourth-order valence-corrected chi connectivity index (χ4v) is 1.87. The second kappa shape index (κ2) is 7.13. The number of amides is 1. The van der Waals surface area contributed by atoms with E-state index >= 15 is 0 Å². The molecule has 0 unspecified atom stereocenters. The molecule has 1 heterocycles.